The Kier molecular flexibility index (Phi) is 5.08. The van der Waals surface area contributed by atoms with Crippen LogP contribution in [0.25, 0.3) is 11.3 Å². The first kappa shape index (κ1) is 19.2. The number of nitrogens with zero attached hydrogens (tertiary/aromatic N) is 1. The zero-order valence-electron chi connectivity index (χ0n) is 15.5. The number of nitrogens with one attached hydrogen (secondary N) is 1. The number of aromatic nitrogens is 1. The van der Waals surface area contributed by atoms with E-state index in [1.807, 2.05) is 12.1 Å². The zero-order chi connectivity index (χ0) is 20.5. The molecule has 9 heteroatoms. The van der Waals surface area contributed by atoms with Crippen LogP contribution in [0.4, 0.5) is 10.7 Å². The number of rotatable bonds is 6. The molecule has 3 aromatic rings. The Morgan fingerprint density at radius 1 is 1.17 bits per heavy atom. The summed E-state index contributed by atoms with van der Waals surface area (Å²) in [6.07, 6.45) is 1.39. The molecule has 4 rings (SSSR count). The fourth-order valence-corrected chi connectivity index (χ4v) is 4.55. The van der Waals surface area contributed by atoms with Crippen molar-refractivity contribution in [3.8, 4) is 11.3 Å². The Labute approximate surface area is 171 Å². The van der Waals surface area contributed by atoms with Gasteiger partial charge in [0.05, 0.1) is 11.5 Å². The number of anilines is 2. The van der Waals surface area contributed by atoms with Crippen LogP contribution in [0.2, 0.25) is 0 Å². The quantitative estimate of drug-likeness (QED) is 0.359. The predicted molar refractivity (Wildman–Crippen MR) is 112 cm³/mol. The number of thiophene rings is 1. The maximum Gasteiger partial charge on any atom is 0.251 e. The molecule has 150 valence electrons. The van der Waals surface area contributed by atoms with Crippen LogP contribution >= 0.6 is 11.3 Å². The molecule has 1 aromatic carbocycles. The van der Waals surface area contributed by atoms with Gasteiger partial charge in [-0.15, -0.1) is 11.3 Å². The average molecular weight is 411 g/mol. The number of ketones is 1. The fraction of sp³-hybridized carbons (Fsp3) is 0.250. The minimum atomic E-state index is -0.512. The molecule has 8 nitrogen and oxygen atoms in total. The number of primary amides is 1. The monoisotopic (exact) mass is 411 g/mol. The van der Waals surface area contributed by atoms with Gasteiger partial charge < -0.3 is 27.0 Å². The number of carbonyl (C=O) groups is 2. The normalized spacial score (nSPS) is 21.2. The Morgan fingerprint density at radius 2 is 1.93 bits per heavy atom. The Hall–Kier alpha value is -3.17. The van der Waals surface area contributed by atoms with E-state index in [0.29, 0.717) is 34.8 Å². The van der Waals surface area contributed by atoms with Crippen molar-refractivity contribution < 1.29 is 14.1 Å². The number of nitrogen functional groups attached to an aromatic ring is 1. The first-order valence-corrected chi connectivity index (χ1v) is 10.1. The summed E-state index contributed by atoms with van der Waals surface area (Å²) in [7, 11) is 0. The number of carbonyl (C=O) groups excluding carboxylic acids is 2. The van der Waals surface area contributed by atoms with Gasteiger partial charge in [0.2, 0.25) is 11.5 Å². The molecule has 7 N–H and O–H groups in total. The van der Waals surface area contributed by atoms with Gasteiger partial charge in [0, 0.05) is 29.4 Å². The van der Waals surface area contributed by atoms with Crippen LogP contribution in [0.3, 0.4) is 0 Å². The van der Waals surface area contributed by atoms with Crippen molar-refractivity contribution >= 4 is 33.7 Å². The molecule has 3 unspecified atom stereocenters. The highest BCUT2D eigenvalue weighted by molar-refractivity contribution is 7.14. The summed E-state index contributed by atoms with van der Waals surface area (Å²) >= 11 is 1.37. The van der Waals surface area contributed by atoms with E-state index in [4.69, 9.17) is 21.7 Å². The molecule has 0 spiro atoms. The van der Waals surface area contributed by atoms with Crippen LogP contribution in [-0.2, 0) is 0 Å². The van der Waals surface area contributed by atoms with Crippen molar-refractivity contribution in [3.63, 3.8) is 0 Å². The smallest absolute Gasteiger partial charge is 0.251 e. The van der Waals surface area contributed by atoms with E-state index >= 15 is 0 Å². The lowest BCUT2D eigenvalue weighted by Gasteiger charge is -2.22. The molecule has 1 amide bonds. The van der Waals surface area contributed by atoms with Gasteiger partial charge in [-0.2, -0.15) is 0 Å². The Morgan fingerprint density at radius 3 is 2.66 bits per heavy atom. The average Bonchev–Trinajstić information content (AvgIpc) is 3.42. The highest BCUT2D eigenvalue weighted by atomic mass is 32.1. The maximum absolute atomic E-state index is 13.2. The second-order valence-corrected chi connectivity index (χ2v) is 8.02. The van der Waals surface area contributed by atoms with Crippen LogP contribution < -0.4 is 22.5 Å². The molecule has 0 bridgehead atoms. The van der Waals surface area contributed by atoms with E-state index in [9.17, 15) is 9.59 Å². The minimum Gasteiger partial charge on any atom is -0.399 e. The Bertz CT molecular complexity index is 1040. The SMILES string of the molecule is NC(=O)c1ccsc1NC1CCC(N)C1C(=O)c1cc(-c2ccc(N)cc2)no1. The standard InChI is InChI=1S/C20H21N5O3S/c21-11-3-1-10(2-4-11)15-9-16(28-25-15)18(26)17-13(22)5-6-14(17)24-20-12(19(23)27)7-8-29-20/h1-4,7-9,13-14,17,24H,5-6,21-22H2,(H2,23,27). The van der Waals surface area contributed by atoms with Crippen molar-refractivity contribution in [1.29, 1.82) is 0 Å². The van der Waals surface area contributed by atoms with Crippen LogP contribution in [-0.4, -0.2) is 28.9 Å². The van der Waals surface area contributed by atoms with E-state index < -0.39 is 11.8 Å². The van der Waals surface area contributed by atoms with E-state index in [2.05, 4.69) is 10.5 Å². The molecule has 2 aromatic heterocycles. The molecule has 0 saturated heterocycles. The molecule has 2 heterocycles. The topological polar surface area (TPSA) is 150 Å². The zero-order valence-corrected chi connectivity index (χ0v) is 16.3. The molecule has 1 aliphatic rings. The van der Waals surface area contributed by atoms with Gasteiger partial charge in [-0.3, -0.25) is 9.59 Å². The van der Waals surface area contributed by atoms with Gasteiger partial charge in [0.1, 0.15) is 10.7 Å². The first-order chi connectivity index (χ1) is 13.9. The summed E-state index contributed by atoms with van der Waals surface area (Å²) in [5.74, 6) is -1.06. The number of amides is 1. The second kappa shape index (κ2) is 7.69. The molecule has 3 atom stereocenters. The molecule has 0 aliphatic heterocycles. The van der Waals surface area contributed by atoms with Gasteiger partial charge in [-0.25, -0.2) is 0 Å². The summed E-state index contributed by atoms with van der Waals surface area (Å²) < 4.78 is 5.33. The van der Waals surface area contributed by atoms with E-state index in [-0.39, 0.29) is 23.6 Å². The van der Waals surface area contributed by atoms with Crippen molar-refractivity contribution in [2.24, 2.45) is 17.4 Å². The first-order valence-electron chi connectivity index (χ1n) is 9.20. The third-order valence-corrected chi connectivity index (χ3v) is 6.06. The lowest BCUT2D eigenvalue weighted by atomic mass is 9.93. The van der Waals surface area contributed by atoms with Crippen LogP contribution in [0.15, 0.2) is 46.3 Å². The highest BCUT2D eigenvalue weighted by Crippen LogP contribution is 2.34. The van der Waals surface area contributed by atoms with Gasteiger partial charge in [-0.05, 0) is 36.4 Å². The number of benzene rings is 1. The summed E-state index contributed by atoms with van der Waals surface area (Å²) in [6.45, 7) is 0. The minimum absolute atomic E-state index is 0.160. The molecular formula is C20H21N5O3S. The largest absolute Gasteiger partial charge is 0.399 e. The molecule has 1 saturated carbocycles. The van der Waals surface area contributed by atoms with E-state index in [0.717, 1.165) is 5.56 Å². The highest BCUT2D eigenvalue weighted by Gasteiger charge is 2.41. The van der Waals surface area contributed by atoms with E-state index in [1.165, 1.54) is 11.3 Å². The van der Waals surface area contributed by atoms with Crippen molar-refractivity contribution in [3.05, 3.63) is 53.1 Å². The maximum atomic E-state index is 13.2. The lowest BCUT2D eigenvalue weighted by Crippen LogP contribution is -2.39. The predicted octanol–water partition coefficient (Wildman–Crippen LogP) is 2.48. The van der Waals surface area contributed by atoms with Gasteiger partial charge >= 0.3 is 0 Å². The molecule has 0 radical (unpaired) electrons. The lowest BCUT2D eigenvalue weighted by molar-refractivity contribution is 0.0869. The third kappa shape index (κ3) is 3.74. The third-order valence-electron chi connectivity index (χ3n) is 5.22. The Balaban J connectivity index is 1.55. The fourth-order valence-electron chi connectivity index (χ4n) is 3.70. The summed E-state index contributed by atoms with van der Waals surface area (Å²) in [5.41, 5.74) is 19.8. The van der Waals surface area contributed by atoms with Crippen LogP contribution in [0, 0.1) is 5.92 Å². The summed E-state index contributed by atoms with van der Waals surface area (Å²) in [5, 5.41) is 9.73. The molecule has 1 aliphatic carbocycles. The summed E-state index contributed by atoms with van der Waals surface area (Å²) in [4.78, 5) is 24.7. The molecule has 1 fully saturated rings. The van der Waals surface area contributed by atoms with E-state index in [1.54, 1.807) is 29.6 Å². The number of hydrogen-bond acceptors (Lipinski definition) is 8. The van der Waals surface area contributed by atoms with Crippen LogP contribution in [0.1, 0.15) is 33.8 Å². The van der Waals surface area contributed by atoms with Gasteiger partial charge in [0.15, 0.2) is 0 Å². The van der Waals surface area contributed by atoms with Crippen LogP contribution in [0.5, 0.6) is 0 Å². The van der Waals surface area contributed by atoms with Gasteiger partial charge in [-0.1, -0.05) is 17.3 Å². The van der Waals surface area contributed by atoms with Crippen molar-refractivity contribution in [1.82, 2.24) is 5.16 Å². The number of hydrogen-bond donors (Lipinski definition) is 4. The number of nitrogens with two attached hydrogens (primary N) is 3. The molecular weight excluding hydrogens is 390 g/mol. The van der Waals surface area contributed by atoms with Crippen molar-refractivity contribution in [2.75, 3.05) is 11.1 Å². The van der Waals surface area contributed by atoms with Gasteiger partial charge in [0.25, 0.3) is 5.91 Å². The summed E-state index contributed by atoms with van der Waals surface area (Å²) in [6, 6.07) is 9.89. The van der Waals surface area contributed by atoms with Crippen molar-refractivity contribution in [2.45, 2.75) is 24.9 Å². The molecule has 29 heavy (non-hydrogen) atoms. The number of Topliss-reactive ketones (excluding diaryl/α,β-unsaturated/α-hetero) is 1. The second-order valence-electron chi connectivity index (χ2n) is 7.11.